The number of carbonyl (C=O) groups excluding carboxylic acids is 1. The molecular weight excluding hydrogens is 420 g/mol. The first-order valence-electron chi connectivity index (χ1n) is 12.3. The summed E-state index contributed by atoms with van der Waals surface area (Å²) in [5, 5.41) is 0. The monoisotopic (exact) mass is 456 g/mol. The maximum Gasteiger partial charge on any atom is 0.253 e. The maximum atomic E-state index is 13.1. The molecule has 0 bridgehead atoms. The van der Waals surface area contributed by atoms with Gasteiger partial charge in [-0.2, -0.15) is 0 Å². The number of benzene rings is 2. The van der Waals surface area contributed by atoms with Gasteiger partial charge < -0.3 is 9.80 Å². The van der Waals surface area contributed by atoms with Crippen LogP contribution in [0.2, 0.25) is 0 Å². The van der Waals surface area contributed by atoms with Gasteiger partial charge in [-0.1, -0.05) is 63.6 Å². The third kappa shape index (κ3) is 4.98. The number of hydrogen-bond donors (Lipinski definition) is 0. The van der Waals surface area contributed by atoms with Gasteiger partial charge in [0.25, 0.3) is 5.91 Å². The molecule has 1 fully saturated rings. The van der Waals surface area contributed by atoms with Crippen LogP contribution in [-0.4, -0.2) is 47.0 Å². The highest BCUT2D eigenvalue weighted by atomic mass is 16.2. The number of hydrogen-bond acceptors (Lipinski definition) is 4. The summed E-state index contributed by atoms with van der Waals surface area (Å²) < 4.78 is 0. The standard InChI is InChI=1S/C29H36N4O/c1-7-25-21(3)30-26(23-10-8-9-20(2)19-23)31-27(25)32-15-17-33(18-16-32)28(34)22-11-13-24(14-12-22)29(4,5)6/h8-14,19H,7,15-18H2,1-6H3. The molecule has 5 nitrogen and oxygen atoms in total. The van der Waals surface area contributed by atoms with Crippen LogP contribution in [0.1, 0.15) is 60.4 Å². The number of rotatable bonds is 4. The highest BCUT2D eigenvalue weighted by molar-refractivity contribution is 5.94. The molecule has 0 atom stereocenters. The number of carbonyl (C=O) groups is 1. The van der Waals surface area contributed by atoms with E-state index in [2.05, 4.69) is 82.8 Å². The highest BCUT2D eigenvalue weighted by Gasteiger charge is 2.26. The SMILES string of the molecule is CCc1c(C)nc(-c2cccc(C)c2)nc1N1CCN(C(=O)c2ccc(C(C)(C)C)cc2)CC1. The fourth-order valence-corrected chi connectivity index (χ4v) is 4.59. The smallest absolute Gasteiger partial charge is 0.253 e. The van der Waals surface area contributed by atoms with E-state index in [0.29, 0.717) is 13.1 Å². The fourth-order valence-electron chi connectivity index (χ4n) is 4.59. The van der Waals surface area contributed by atoms with Crippen molar-refractivity contribution in [2.24, 2.45) is 0 Å². The van der Waals surface area contributed by atoms with E-state index in [1.165, 1.54) is 16.7 Å². The van der Waals surface area contributed by atoms with Crippen LogP contribution in [0.25, 0.3) is 11.4 Å². The molecule has 1 aliphatic rings. The molecule has 0 aliphatic carbocycles. The van der Waals surface area contributed by atoms with Gasteiger partial charge in [0, 0.05) is 48.6 Å². The van der Waals surface area contributed by atoms with Gasteiger partial charge in [-0.05, 0) is 49.4 Å². The minimum atomic E-state index is 0.0805. The minimum absolute atomic E-state index is 0.0805. The third-order valence-electron chi connectivity index (χ3n) is 6.69. The Labute approximate surface area is 203 Å². The molecule has 34 heavy (non-hydrogen) atoms. The molecule has 0 radical (unpaired) electrons. The largest absolute Gasteiger partial charge is 0.353 e. The number of anilines is 1. The molecule has 1 saturated heterocycles. The van der Waals surface area contributed by atoms with Crippen molar-refractivity contribution in [3.8, 4) is 11.4 Å². The molecule has 178 valence electrons. The molecule has 2 heterocycles. The van der Waals surface area contributed by atoms with E-state index in [0.717, 1.165) is 48.0 Å². The van der Waals surface area contributed by atoms with Gasteiger partial charge in [0.05, 0.1) is 0 Å². The summed E-state index contributed by atoms with van der Waals surface area (Å²) in [6.07, 6.45) is 0.883. The van der Waals surface area contributed by atoms with E-state index in [1.54, 1.807) is 0 Å². The lowest BCUT2D eigenvalue weighted by Crippen LogP contribution is -2.49. The van der Waals surface area contributed by atoms with Crippen molar-refractivity contribution in [3.63, 3.8) is 0 Å². The van der Waals surface area contributed by atoms with Gasteiger partial charge in [0.1, 0.15) is 5.82 Å². The van der Waals surface area contributed by atoms with Crippen LogP contribution in [-0.2, 0) is 11.8 Å². The third-order valence-corrected chi connectivity index (χ3v) is 6.69. The fraction of sp³-hybridized carbons (Fsp3) is 0.414. The Bertz CT molecular complexity index is 1170. The summed E-state index contributed by atoms with van der Waals surface area (Å²) in [4.78, 5) is 27.2. The first-order valence-corrected chi connectivity index (χ1v) is 12.3. The molecule has 3 aromatic rings. The van der Waals surface area contributed by atoms with Crippen molar-refractivity contribution in [3.05, 3.63) is 76.5 Å². The molecule has 0 N–H and O–H groups in total. The first kappa shape index (κ1) is 23.9. The molecule has 0 saturated carbocycles. The van der Waals surface area contributed by atoms with Crippen LogP contribution in [0.15, 0.2) is 48.5 Å². The number of aryl methyl sites for hydroxylation is 2. The first-order chi connectivity index (χ1) is 16.2. The zero-order valence-corrected chi connectivity index (χ0v) is 21.4. The van der Waals surface area contributed by atoms with Gasteiger partial charge in [0.15, 0.2) is 5.82 Å². The van der Waals surface area contributed by atoms with E-state index in [9.17, 15) is 4.79 Å². The van der Waals surface area contributed by atoms with Crippen LogP contribution >= 0.6 is 0 Å². The number of piperazine rings is 1. The van der Waals surface area contributed by atoms with E-state index < -0.39 is 0 Å². The van der Waals surface area contributed by atoms with Crippen molar-refractivity contribution < 1.29 is 4.79 Å². The molecule has 1 amide bonds. The molecule has 0 unspecified atom stereocenters. The summed E-state index contributed by atoms with van der Waals surface area (Å²) in [5.74, 6) is 1.88. The highest BCUT2D eigenvalue weighted by Crippen LogP contribution is 2.28. The summed E-state index contributed by atoms with van der Waals surface area (Å²) in [7, 11) is 0. The predicted molar refractivity (Wildman–Crippen MR) is 140 cm³/mol. The zero-order valence-electron chi connectivity index (χ0n) is 21.4. The van der Waals surface area contributed by atoms with Gasteiger partial charge in [-0.15, -0.1) is 0 Å². The molecule has 1 aliphatic heterocycles. The predicted octanol–water partition coefficient (Wildman–Crippen LogP) is 5.58. The van der Waals surface area contributed by atoms with Crippen LogP contribution in [0.3, 0.4) is 0 Å². The van der Waals surface area contributed by atoms with E-state index in [1.807, 2.05) is 17.0 Å². The number of amides is 1. The van der Waals surface area contributed by atoms with Crippen LogP contribution in [0.5, 0.6) is 0 Å². The quantitative estimate of drug-likeness (QED) is 0.514. The van der Waals surface area contributed by atoms with Gasteiger partial charge in [0.2, 0.25) is 0 Å². The lowest BCUT2D eigenvalue weighted by Gasteiger charge is -2.36. The average Bonchev–Trinajstić information content (AvgIpc) is 2.83. The summed E-state index contributed by atoms with van der Waals surface area (Å²) >= 11 is 0. The molecular formula is C29H36N4O. The lowest BCUT2D eigenvalue weighted by atomic mass is 9.86. The lowest BCUT2D eigenvalue weighted by molar-refractivity contribution is 0.0746. The normalized spacial score (nSPS) is 14.4. The van der Waals surface area contributed by atoms with Crippen molar-refractivity contribution in [1.82, 2.24) is 14.9 Å². The zero-order chi connectivity index (χ0) is 24.5. The van der Waals surface area contributed by atoms with E-state index >= 15 is 0 Å². The van der Waals surface area contributed by atoms with Crippen LogP contribution in [0.4, 0.5) is 5.82 Å². The van der Waals surface area contributed by atoms with Gasteiger partial charge in [-0.3, -0.25) is 4.79 Å². The topological polar surface area (TPSA) is 49.3 Å². The molecule has 4 rings (SSSR count). The maximum absolute atomic E-state index is 13.1. The second-order valence-corrected chi connectivity index (χ2v) is 10.3. The Morgan fingerprint density at radius 2 is 1.62 bits per heavy atom. The summed E-state index contributed by atoms with van der Waals surface area (Å²) in [6.45, 7) is 15.8. The van der Waals surface area contributed by atoms with E-state index in [-0.39, 0.29) is 11.3 Å². The Balaban J connectivity index is 1.52. The van der Waals surface area contributed by atoms with Crippen LogP contribution < -0.4 is 4.90 Å². The molecule has 2 aromatic carbocycles. The minimum Gasteiger partial charge on any atom is -0.353 e. The van der Waals surface area contributed by atoms with Crippen molar-refractivity contribution in [2.75, 3.05) is 31.1 Å². The van der Waals surface area contributed by atoms with Crippen molar-refractivity contribution >= 4 is 11.7 Å². The Kier molecular flexibility index (Phi) is 6.74. The summed E-state index contributed by atoms with van der Waals surface area (Å²) in [5.41, 5.74) is 6.54. The Hall–Kier alpha value is -3.21. The summed E-state index contributed by atoms with van der Waals surface area (Å²) in [6, 6.07) is 16.4. The number of aromatic nitrogens is 2. The molecule has 5 heteroatoms. The average molecular weight is 457 g/mol. The Morgan fingerprint density at radius 1 is 0.941 bits per heavy atom. The Morgan fingerprint density at radius 3 is 2.21 bits per heavy atom. The van der Waals surface area contributed by atoms with Gasteiger partial charge in [-0.25, -0.2) is 9.97 Å². The second-order valence-electron chi connectivity index (χ2n) is 10.3. The van der Waals surface area contributed by atoms with Crippen molar-refractivity contribution in [2.45, 2.75) is 53.4 Å². The number of nitrogens with zero attached hydrogens (tertiary/aromatic N) is 4. The molecule has 1 aromatic heterocycles. The van der Waals surface area contributed by atoms with E-state index in [4.69, 9.17) is 9.97 Å². The van der Waals surface area contributed by atoms with Gasteiger partial charge >= 0.3 is 0 Å². The van der Waals surface area contributed by atoms with Crippen LogP contribution in [0, 0.1) is 13.8 Å². The molecule has 0 spiro atoms. The second kappa shape index (κ2) is 9.57. The van der Waals surface area contributed by atoms with Crippen molar-refractivity contribution in [1.29, 1.82) is 0 Å².